The molecule has 0 saturated heterocycles. The zero-order valence-electron chi connectivity index (χ0n) is 21.1. The molecular formula is C29H24N2O8. The molecule has 198 valence electrons. The van der Waals surface area contributed by atoms with Crippen LogP contribution in [0.4, 0.5) is 0 Å². The molecule has 4 aromatic rings. The summed E-state index contributed by atoms with van der Waals surface area (Å²) in [5.41, 5.74) is 2.68. The number of imidazole rings is 1. The van der Waals surface area contributed by atoms with Crippen molar-refractivity contribution in [2.75, 3.05) is 13.2 Å². The molecule has 2 aliphatic heterocycles. The fourth-order valence-corrected chi connectivity index (χ4v) is 5.20. The quantitative estimate of drug-likeness (QED) is 0.376. The number of aromatic hydroxyl groups is 1. The van der Waals surface area contributed by atoms with Crippen molar-refractivity contribution in [1.29, 1.82) is 0 Å². The van der Waals surface area contributed by atoms with Crippen molar-refractivity contribution in [2.45, 2.75) is 12.3 Å². The van der Waals surface area contributed by atoms with Gasteiger partial charge < -0.3 is 24.4 Å². The van der Waals surface area contributed by atoms with Gasteiger partial charge in [-0.1, -0.05) is 12.1 Å². The lowest BCUT2D eigenvalue weighted by Crippen LogP contribution is -2.19. The van der Waals surface area contributed by atoms with Crippen LogP contribution < -0.4 is 19.9 Å². The topological polar surface area (TPSA) is 129 Å². The van der Waals surface area contributed by atoms with Crippen molar-refractivity contribution in [3.8, 4) is 23.0 Å². The molecule has 3 aromatic carbocycles. The summed E-state index contributed by atoms with van der Waals surface area (Å²) in [4.78, 5) is 37.7. The molecule has 1 atom stereocenters. The number of carbonyl (C=O) groups excluding carboxylic acids is 1. The zero-order valence-corrected chi connectivity index (χ0v) is 21.1. The second kappa shape index (κ2) is 9.09. The van der Waals surface area contributed by atoms with Gasteiger partial charge in [0.2, 0.25) is 5.78 Å². The maximum Gasteiger partial charge on any atom is 0.328 e. The van der Waals surface area contributed by atoms with Gasteiger partial charge in [-0.25, -0.2) is 4.79 Å². The number of benzene rings is 3. The number of carboxylic acid groups (broad SMARTS) is 1. The number of nitrogens with zero attached hydrogens (tertiary/aromatic N) is 2. The molecule has 1 unspecified atom stereocenters. The number of fused-ring (bicyclic) bond motifs is 3. The van der Waals surface area contributed by atoms with Crippen molar-refractivity contribution in [3.63, 3.8) is 0 Å². The second-order valence-corrected chi connectivity index (χ2v) is 9.52. The van der Waals surface area contributed by atoms with E-state index < -0.39 is 17.7 Å². The van der Waals surface area contributed by atoms with E-state index in [4.69, 9.17) is 14.2 Å². The Kier molecular flexibility index (Phi) is 5.67. The summed E-state index contributed by atoms with van der Waals surface area (Å²) in [6.45, 7) is 0.881. The van der Waals surface area contributed by atoms with Crippen LogP contribution in [-0.2, 0) is 18.9 Å². The Morgan fingerprint density at radius 1 is 0.974 bits per heavy atom. The standard InChI is InChI=1S/C29H24N2O8/c1-30-19-6-4-16(13-20(19)31(2)29(30)36)18(14-25(33)34)26-21(32)7-5-17-27(35)24(39-28(17)26)12-15-3-8-22-23(11-15)38-10-9-37-22/h3-8,11-13,18,32H,9-10,14H2,1-2H3,(H,33,34). The van der Waals surface area contributed by atoms with E-state index in [0.717, 1.165) is 0 Å². The van der Waals surface area contributed by atoms with Gasteiger partial charge in [-0.3, -0.25) is 18.7 Å². The van der Waals surface area contributed by atoms with Crippen LogP contribution in [0.5, 0.6) is 23.0 Å². The van der Waals surface area contributed by atoms with Crippen LogP contribution in [0.1, 0.15) is 39.4 Å². The highest BCUT2D eigenvalue weighted by atomic mass is 16.6. The fourth-order valence-electron chi connectivity index (χ4n) is 5.20. The molecule has 6 rings (SSSR count). The lowest BCUT2D eigenvalue weighted by atomic mass is 9.86. The number of phenols is 1. The molecule has 0 fully saturated rings. The molecule has 0 amide bonds. The van der Waals surface area contributed by atoms with Crippen molar-refractivity contribution in [2.24, 2.45) is 14.1 Å². The minimum Gasteiger partial charge on any atom is -0.508 e. The average molecular weight is 529 g/mol. The number of aryl methyl sites for hydroxylation is 2. The summed E-state index contributed by atoms with van der Waals surface area (Å²) in [6.07, 6.45) is 1.19. The van der Waals surface area contributed by atoms with Crippen LogP contribution in [0.2, 0.25) is 0 Å². The Labute approximate surface area is 221 Å². The summed E-state index contributed by atoms with van der Waals surface area (Å²) in [5.74, 6) is -1.24. The number of ketones is 1. The van der Waals surface area contributed by atoms with Gasteiger partial charge in [-0.2, -0.15) is 0 Å². The van der Waals surface area contributed by atoms with E-state index in [1.165, 1.54) is 21.3 Å². The Hall–Kier alpha value is -4.99. The second-order valence-electron chi connectivity index (χ2n) is 9.52. The number of aromatic nitrogens is 2. The van der Waals surface area contributed by atoms with Crippen LogP contribution in [0.3, 0.4) is 0 Å². The molecule has 39 heavy (non-hydrogen) atoms. The van der Waals surface area contributed by atoms with E-state index in [1.54, 1.807) is 56.6 Å². The third kappa shape index (κ3) is 4.01. The lowest BCUT2D eigenvalue weighted by molar-refractivity contribution is -0.137. The molecule has 10 nitrogen and oxygen atoms in total. The first kappa shape index (κ1) is 24.4. The number of rotatable bonds is 5. The van der Waals surface area contributed by atoms with E-state index in [-0.39, 0.29) is 40.5 Å². The molecule has 3 heterocycles. The minimum atomic E-state index is -1.10. The number of ether oxygens (including phenoxy) is 3. The number of hydrogen-bond acceptors (Lipinski definition) is 7. The number of aliphatic carboxylic acids is 1. The Morgan fingerprint density at radius 2 is 1.72 bits per heavy atom. The number of Topliss-reactive ketones (excluding diaryl/α,β-unsaturated/α-hetero) is 1. The smallest absolute Gasteiger partial charge is 0.328 e. The van der Waals surface area contributed by atoms with Gasteiger partial charge in [0.25, 0.3) is 0 Å². The first-order chi connectivity index (χ1) is 18.7. The molecule has 10 heteroatoms. The number of phenolic OH excluding ortho intramolecular Hbond substituents is 1. The van der Waals surface area contributed by atoms with Gasteiger partial charge in [-0.15, -0.1) is 0 Å². The fraction of sp³-hybridized carbons (Fsp3) is 0.207. The summed E-state index contributed by atoms with van der Waals surface area (Å²) in [6, 6.07) is 13.3. The molecule has 0 aliphatic carbocycles. The molecule has 0 bridgehead atoms. The molecule has 2 aliphatic rings. The largest absolute Gasteiger partial charge is 0.508 e. The molecule has 2 N–H and O–H groups in total. The first-order valence-corrected chi connectivity index (χ1v) is 12.3. The monoisotopic (exact) mass is 528 g/mol. The van der Waals surface area contributed by atoms with Crippen LogP contribution in [0, 0.1) is 0 Å². The summed E-state index contributed by atoms with van der Waals surface area (Å²) in [7, 11) is 3.29. The summed E-state index contributed by atoms with van der Waals surface area (Å²) >= 11 is 0. The third-order valence-corrected chi connectivity index (χ3v) is 7.14. The highest BCUT2D eigenvalue weighted by molar-refractivity contribution is 6.15. The van der Waals surface area contributed by atoms with E-state index >= 15 is 0 Å². The number of allylic oxidation sites excluding steroid dienone is 1. The molecule has 0 radical (unpaired) electrons. The molecule has 1 aromatic heterocycles. The number of carboxylic acids is 1. The van der Waals surface area contributed by atoms with E-state index in [9.17, 15) is 24.6 Å². The maximum absolute atomic E-state index is 13.3. The zero-order chi connectivity index (χ0) is 27.4. The van der Waals surface area contributed by atoms with Crippen LogP contribution in [0.15, 0.2) is 59.1 Å². The Balaban J connectivity index is 1.45. The van der Waals surface area contributed by atoms with Crippen molar-refractivity contribution in [1.82, 2.24) is 9.13 Å². The lowest BCUT2D eigenvalue weighted by Gasteiger charge is -2.20. The van der Waals surface area contributed by atoms with Crippen molar-refractivity contribution in [3.05, 3.63) is 87.0 Å². The van der Waals surface area contributed by atoms with Gasteiger partial charge in [0.15, 0.2) is 17.3 Å². The maximum atomic E-state index is 13.3. The molecular weight excluding hydrogens is 504 g/mol. The van der Waals surface area contributed by atoms with Gasteiger partial charge >= 0.3 is 11.7 Å². The van der Waals surface area contributed by atoms with E-state index in [0.29, 0.717) is 46.9 Å². The van der Waals surface area contributed by atoms with Gasteiger partial charge in [-0.05, 0) is 53.6 Å². The highest BCUT2D eigenvalue weighted by Gasteiger charge is 2.35. The van der Waals surface area contributed by atoms with Crippen LogP contribution in [-0.4, -0.2) is 44.3 Å². The van der Waals surface area contributed by atoms with Gasteiger partial charge in [0.05, 0.1) is 23.0 Å². The van der Waals surface area contributed by atoms with Crippen LogP contribution in [0.25, 0.3) is 17.1 Å². The summed E-state index contributed by atoms with van der Waals surface area (Å²) < 4.78 is 20.2. The third-order valence-electron chi connectivity index (χ3n) is 7.14. The van der Waals surface area contributed by atoms with Crippen molar-refractivity contribution < 1.29 is 34.0 Å². The predicted octanol–water partition coefficient (Wildman–Crippen LogP) is 3.58. The van der Waals surface area contributed by atoms with Crippen molar-refractivity contribution >= 4 is 28.9 Å². The van der Waals surface area contributed by atoms with E-state index in [2.05, 4.69) is 0 Å². The highest BCUT2D eigenvalue weighted by Crippen LogP contribution is 2.47. The Morgan fingerprint density at radius 3 is 2.49 bits per heavy atom. The predicted molar refractivity (Wildman–Crippen MR) is 141 cm³/mol. The molecule has 0 spiro atoms. The Bertz CT molecular complexity index is 1780. The van der Waals surface area contributed by atoms with Gasteiger partial charge in [0.1, 0.15) is 24.7 Å². The number of hydrogen-bond donors (Lipinski definition) is 2. The molecule has 0 saturated carbocycles. The van der Waals surface area contributed by atoms with Crippen LogP contribution >= 0.6 is 0 Å². The normalized spacial score (nSPS) is 15.8. The number of carbonyl (C=O) groups is 2. The van der Waals surface area contributed by atoms with E-state index in [1.807, 2.05) is 0 Å². The first-order valence-electron chi connectivity index (χ1n) is 12.3. The summed E-state index contributed by atoms with van der Waals surface area (Å²) in [5, 5.41) is 20.7. The minimum absolute atomic E-state index is 0.0310. The SMILES string of the molecule is Cn1c(=O)n(C)c2cc(C(CC(=O)O)c3c(O)ccc4c3OC(=Cc3ccc5c(c3)OCCO5)C4=O)ccc21. The van der Waals surface area contributed by atoms with Gasteiger partial charge in [0, 0.05) is 25.6 Å². The average Bonchev–Trinajstić information content (AvgIpc) is 3.35.